The van der Waals surface area contributed by atoms with Gasteiger partial charge in [0.05, 0.1) is 4.90 Å². The predicted octanol–water partition coefficient (Wildman–Crippen LogP) is 2.76. The summed E-state index contributed by atoms with van der Waals surface area (Å²) in [6, 6.07) is 6.71. The number of benzene rings is 1. The standard InChI is InChI=1S/C14H18N2O2S/c1-11-3-7-13(8-4-11)15-16-19(17,18)14-9-5-12(2)6-10-14/h5-6,9-10,16H,1,3-4,7-8H2,2H3. The number of nitrogens with one attached hydrogen (secondary N) is 1. The Morgan fingerprint density at radius 2 is 1.68 bits per heavy atom. The summed E-state index contributed by atoms with van der Waals surface area (Å²) >= 11 is 0. The molecule has 0 radical (unpaired) electrons. The maximum absolute atomic E-state index is 12.0. The van der Waals surface area contributed by atoms with Crippen molar-refractivity contribution in [1.82, 2.24) is 4.83 Å². The molecule has 1 fully saturated rings. The first kappa shape index (κ1) is 13.8. The smallest absolute Gasteiger partial charge is 0.200 e. The predicted molar refractivity (Wildman–Crippen MR) is 76.5 cm³/mol. The van der Waals surface area contributed by atoms with E-state index < -0.39 is 10.0 Å². The van der Waals surface area contributed by atoms with E-state index in [2.05, 4.69) is 16.5 Å². The third kappa shape index (κ3) is 3.67. The molecule has 0 aliphatic heterocycles. The second-order valence-electron chi connectivity index (χ2n) is 4.84. The molecule has 1 aliphatic carbocycles. The molecule has 1 N–H and O–H groups in total. The number of nitrogens with zero attached hydrogens (tertiary/aromatic N) is 1. The Bertz CT molecular complexity index is 589. The van der Waals surface area contributed by atoms with E-state index in [9.17, 15) is 8.42 Å². The summed E-state index contributed by atoms with van der Waals surface area (Å²) in [6.45, 7) is 5.84. The lowest BCUT2D eigenvalue weighted by atomic mass is 9.95. The Morgan fingerprint density at radius 3 is 2.26 bits per heavy atom. The Labute approximate surface area is 114 Å². The lowest BCUT2D eigenvalue weighted by Crippen LogP contribution is -2.21. The van der Waals surface area contributed by atoms with E-state index in [0.717, 1.165) is 37.0 Å². The number of aryl methyl sites for hydroxylation is 1. The Kier molecular flexibility index (Phi) is 4.04. The molecular formula is C14H18N2O2S. The fourth-order valence-corrected chi connectivity index (χ4v) is 2.75. The van der Waals surface area contributed by atoms with Crippen LogP contribution < -0.4 is 4.83 Å². The zero-order chi connectivity index (χ0) is 13.9. The maximum Gasteiger partial charge on any atom is 0.276 e. The third-order valence-corrected chi connectivity index (χ3v) is 4.41. The molecule has 0 heterocycles. The molecule has 4 nitrogen and oxygen atoms in total. The van der Waals surface area contributed by atoms with Gasteiger partial charge in [-0.05, 0) is 44.7 Å². The fraction of sp³-hybridized carbons (Fsp3) is 0.357. The first-order valence-electron chi connectivity index (χ1n) is 6.28. The quantitative estimate of drug-likeness (QED) is 0.682. The van der Waals surface area contributed by atoms with Crippen LogP contribution in [-0.2, 0) is 10.0 Å². The minimum atomic E-state index is -3.55. The monoisotopic (exact) mass is 278 g/mol. The number of allylic oxidation sites excluding steroid dienone is 1. The number of hydrazone groups is 1. The van der Waals surface area contributed by atoms with Crippen LogP contribution in [-0.4, -0.2) is 14.1 Å². The van der Waals surface area contributed by atoms with Crippen LogP contribution in [0.5, 0.6) is 0 Å². The van der Waals surface area contributed by atoms with Gasteiger partial charge in [-0.3, -0.25) is 0 Å². The van der Waals surface area contributed by atoms with E-state index in [1.54, 1.807) is 24.3 Å². The molecule has 5 heteroatoms. The topological polar surface area (TPSA) is 58.5 Å². The van der Waals surface area contributed by atoms with E-state index in [1.165, 1.54) is 5.57 Å². The second-order valence-corrected chi connectivity index (χ2v) is 6.50. The van der Waals surface area contributed by atoms with Crippen molar-refractivity contribution in [2.45, 2.75) is 37.5 Å². The average molecular weight is 278 g/mol. The molecule has 0 spiro atoms. The minimum Gasteiger partial charge on any atom is -0.200 e. The molecule has 0 saturated heterocycles. The Morgan fingerprint density at radius 1 is 1.11 bits per heavy atom. The van der Waals surface area contributed by atoms with Crippen molar-refractivity contribution >= 4 is 15.7 Å². The highest BCUT2D eigenvalue weighted by Crippen LogP contribution is 2.19. The van der Waals surface area contributed by atoms with Crippen molar-refractivity contribution in [3.05, 3.63) is 42.0 Å². The van der Waals surface area contributed by atoms with Crippen LogP contribution in [0.2, 0.25) is 0 Å². The average Bonchev–Trinajstić information content (AvgIpc) is 2.39. The van der Waals surface area contributed by atoms with Gasteiger partial charge < -0.3 is 0 Å². The summed E-state index contributed by atoms with van der Waals surface area (Å²) in [6.07, 6.45) is 3.36. The van der Waals surface area contributed by atoms with Gasteiger partial charge in [-0.1, -0.05) is 29.8 Å². The zero-order valence-corrected chi connectivity index (χ0v) is 11.8. The SMILES string of the molecule is C=C1CCC(=NNS(=O)(=O)c2ccc(C)cc2)CC1. The van der Waals surface area contributed by atoms with Gasteiger partial charge in [-0.2, -0.15) is 13.5 Å². The molecule has 0 amide bonds. The van der Waals surface area contributed by atoms with Crippen LogP contribution in [0.25, 0.3) is 0 Å². The van der Waals surface area contributed by atoms with Gasteiger partial charge in [-0.25, -0.2) is 4.83 Å². The molecule has 1 aromatic carbocycles. The molecule has 1 aromatic rings. The highest BCUT2D eigenvalue weighted by molar-refractivity contribution is 7.89. The van der Waals surface area contributed by atoms with E-state index in [1.807, 2.05) is 6.92 Å². The number of rotatable bonds is 3. The normalized spacial score (nSPS) is 16.3. The molecule has 2 rings (SSSR count). The number of sulfonamides is 1. The van der Waals surface area contributed by atoms with Crippen molar-refractivity contribution in [2.75, 3.05) is 0 Å². The summed E-state index contributed by atoms with van der Waals surface area (Å²) in [4.78, 5) is 2.55. The molecule has 0 bridgehead atoms. The van der Waals surface area contributed by atoms with Crippen molar-refractivity contribution in [3.8, 4) is 0 Å². The first-order chi connectivity index (χ1) is 8.97. The second kappa shape index (κ2) is 5.57. The molecule has 102 valence electrons. The van der Waals surface area contributed by atoms with Crippen LogP contribution in [0.1, 0.15) is 31.2 Å². The Balaban J connectivity index is 2.07. The first-order valence-corrected chi connectivity index (χ1v) is 7.76. The van der Waals surface area contributed by atoms with Crippen molar-refractivity contribution in [1.29, 1.82) is 0 Å². The van der Waals surface area contributed by atoms with E-state index in [-0.39, 0.29) is 4.90 Å². The number of hydrogen-bond donors (Lipinski definition) is 1. The number of hydrogen-bond acceptors (Lipinski definition) is 3. The minimum absolute atomic E-state index is 0.239. The molecule has 1 saturated carbocycles. The van der Waals surface area contributed by atoms with Gasteiger partial charge in [0, 0.05) is 5.71 Å². The third-order valence-electron chi connectivity index (χ3n) is 3.19. The fourth-order valence-electron chi connectivity index (χ4n) is 1.90. The van der Waals surface area contributed by atoms with Crippen LogP contribution >= 0.6 is 0 Å². The molecule has 0 unspecified atom stereocenters. The zero-order valence-electron chi connectivity index (χ0n) is 11.0. The molecule has 1 aliphatic rings. The Hall–Kier alpha value is -1.62. The van der Waals surface area contributed by atoms with Gasteiger partial charge in [0.15, 0.2) is 0 Å². The van der Waals surface area contributed by atoms with E-state index in [4.69, 9.17) is 0 Å². The highest BCUT2D eigenvalue weighted by Gasteiger charge is 2.14. The molecular weight excluding hydrogens is 260 g/mol. The molecule has 0 aromatic heterocycles. The van der Waals surface area contributed by atoms with Crippen LogP contribution in [0, 0.1) is 6.92 Å². The van der Waals surface area contributed by atoms with Crippen molar-refractivity contribution in [3.63, 3.8) is 0 Å². The van der Waals surface area contributed by atoms with Crippen LogP contribution in [0.4, 0.5) is 0 Å². The largest absolute Gasteiger partial charge is 0.276 e. The maximum atomic E-state index is 12.0. The van der Waals surface area contributed by atoms with Gasteiger partial charge in [0.25, 0.3) is 10.0 Å². The van der Waals surface area contributed by atoms with Crippen LogP contribution in [0.3, 0.4) is 0 Å². The lowest BCUT2D eigenvalue weighted by molar-refractivity contribution is 0.584. The van der Waals surface area contributed by atoms with Gasteiger partial charge >= 0.3 is 0 Å². The lowest BCUT2D eigenvalue weighted by Gasteiger charge is -2.15. The summed E-state index contributed by atoms with van der Waals surface area (Å²) in [5, 5.41) is 4.03. The van der Waals surface area contributed by atoms with Crippen LogP contribution in [0.15, 0.2) is 46.4 Å². The summed E-state index contributed by atoms with van der Waals surface area (Å²) < 4.78 is 24.0. The summed E-state index contributed by atoms with van der Waals surface area (Å²) in [5.41, 5.74) is 3.12. The van der Waals surface area contributed by atoms with E-state index in [0.29, 0.717) is 0 Å². The summed E-state index contributed by atoms with van der Waals surface area (Å²) in [5.74, 6) is 0. The molecule has 0 atom stereocenters. The van der Waals surface area contributed by atoms with E-state index >= 15 is 0 Å². The summed E-state index contributed by atoms with van der Waals surface area (Å²) in [7, 11) is -3.55. The van der Waals surface area contributed by atoms with Gasteiger partial charge in [-0.15, -0.1) is 0 Å². The van der Waals surface area contributed by atoms with Crippen molar-refractivity contribution < 1.29 is 8.42 Å². The van der Waals surface area contributed by atoms with Crippen molar-refractivity contribution in [2.24, 2.45) is 5.10 Å². The van der Waals surface area contributed by atoms with Gasteiger partial charge in [0.1, 0.15) is 0 Å². The molecule has 19 heavy (non-hydrogen) atoms. The van der Waals surface area contributed by atoms with Gasteiger partial charge in [0.2, 0.25) is 0 Å². The highest BCUT2D eigenvalue weighted by atomic mass is 32.2.